The lowest BCUT2D eigenvalue weighted by Gasteiger charge is -2.55. The summed E-state index contributed by atoms with van der Waals surface area (Å²) < 4.78 is 11.2. The van der Waals surface area contributed by atoms with E-state index in [0.29, 0.717) is 18.9 Å². The van der Waals surface area contributed by atoms with Gasteiger partial charge in [0.15, 0.2) is 5.79 Å². The normalized spacial score (nSPS) is 47.6. The maximum absolute atomic E-state index is 11.3. The van der Waals surface area contributed by atoms with Gasteiger partial charge < -0.3 is 14.6 Å². The molecule has 0 radical (unpaired) electrons. The lowest BCUT2D eigenvalue weighted by atomic mass is 9.50. The number of rotatable bonds is 1. The van der Waals surface area contributed by atoms with Gasteiger partial charge in [0.05, 0.1) is 6.61 Å². The molecule has 4 nitrogen and oxygen atoms in total. The number of aliphatic hydroxyl groups is 1. The van der Waals surface area contributed by atoms with E-state index < -0.39 is 5.79 Å². The van der Waals surface area contributed by atoms with Crippen LogP contribution in [0.3, 0.4) is 0 Å². The van der Waals surface area contributed by atoms with Crippen LogP contribution in [0.5, 0.6) is 0 Å². The van der Waals surface area contributed by atoms with Gasteiger partial charge in [-0.15, -0.1) is 0 Å². The lowest BCUT2D eigenvalue weighted by Crippen LogP contribution is -2.55. The highest BCUT2D eigenvalue weighted by atomic mass is 16.6. The van der Waals surface area contributed by atoms with Crippen LogP contribution in [0.2, 0.25) is 0 Å². The summed E-state index contributed by atoms with van der Waals surface area (Å²) in [6.07, 6.45) is 4.27. The quantitative estimate of drug-likeness (QED) is 0.741. The molecule has 1 spiro atoms. The fourth-order valence-electron chi connectivity index (χ4n) is 4.91. The summed E-state index contributed by atoms with van der Waals surface area (Å²) in [7, 11) is 0. The van der Waals surface area contributed by atoms with E-state index >= 15 is 0 Å². The fourth-order valence-corrected chi connectivity index (χ4v) is 4.91. The molecule has 0 aromatic rings. The van der Waals surface area contributed by atoms with Crippen molar-refractivity contribution in [3.63, 3.8) is 0 Å². The predicted molar refractivity (Wildman–Crippen MR) is 69.2 cm³/mol. The van der Waals surface area contributed by atoms with Gasteiger partial charge in [0.25, 0.3) is 0 Å². The molecule has 0 amide bonds. The van der Waals surface area contributed by atoms with Gasteiger partial charge in [-0.05, 0) is 25.2 Å². The zero-order valence-corrected chi connectivity index (χ0v) is 12.1. The molecule has 3 fully saturated rings. The van der Waals surface area contributed by atoms with Gasteiger partial charge in [0.1, 0.15) is 6.10 Å². The van der Waals surface area contributed by atoms with Gasteiger partial charge in [0, 0.05) is 30.6 Å². The topological polar surface area (TPSA) is 55.8 Å². The number of esters is 1. The second-order valence-electron chi connectivity index (χ2n) is 7.32. The van der Waals surface area contributed by atoms with E-state index in [1.54, 1.807) is 0 Å². The van der Waals surface area contributed by atoms with Crippen LogP contribution in [0.15, 0.2) is 0 Å². The van der Waals surface area contributed by atoms with Crippen LogP contribution in [0.1, 0.15) is 52.9 Å². The Hall–Kier alpha value is -0.610. The van der Waals surface area contributed by atoms with Crippen LogP contribution in [-0.2, 0) is 14.3 Å². The molecule has 2 aliphatic carbocycles. The van der Waals surface area contributed by atoms with Crippen molar-refractivity contribution in [2.45, 2.75) is 64.8 Å². The summed E-state index contributed by atoms with van der Waals surface area (Å²) in [6.45, 7) is 6.55. The third-order valence-corrected chi connectivity index (χ3v) is 5.76. The molecule has 19 heavy (non-hydrogen) atoms. The van der Waals surface area contributed by atoms with Crippen LogP contribution in [0.4, 0.5) is 0 Å². The Morgan fingerprint density at radius 1 is 1.32 bits per heavy atom. The maximum Gasteiger partial charge on any atom is 0.302 e. The van der Waals surface area contributed by atoms with Crippen molar-refractivity contribution < 1.29 is 19.4 Å². The van der Waals surface area contributed by atoms with Crippen molar-refractivity contribution in [1.29, 1.82) is 0 Å². The van der Waals surface area contributed by atoms with Crippen LogP contribution in [0.25, 0.3) is 0 Å². The molecule has 3 rings (SSSR count). The first-order chi connectivity index (χ1) is 8.78. The molecule has 0 aromatic heterocycles. The molecule has 1 heterocycles. The van der Waals surface area contributed by atoms with E-state index in [4.69, 9.17) is 9.47 Å². The van der Waals surface area contributed by atoms with Crippen LogP contribution >= 0.6 is 0 Å². The van der Waals surface area contributed by atoms with E-state index in [1.807, 2.05) is 0 Å². The van der Waals surface area contributed by atoms with Gasteiger partial charge in [-0.3, -0.25) is 4.79 Å². The highest BCUT2D eigenvalue weighted by molar-refractivity contribution is 5.66. The Morgan fingerprint density at radius 3 is 2.74 bits per heavy atom. The highest BCUT2D eigenvalue weighted by Crippen LogP contribution is 2.63. The number of carbonyl (C=O) groups excluding carboxylic acids is 1. The summed E-state index contributed by atoms with van der Waals surface area (Å²) in [5, 5.41) is 10.3. The van der Waals surface area contributed by atoms with Gasteiger partial charge >= 0.3 is 5.97 Å². The molecule has 4 heteroatoms. The van der Waals surface area contributed by atoms with Gasteiger partial charge in [0.2, 0.25) is 0 Å². The first-order valence-corrected chi connectivity index (χ1v) is 7.31. The monoisotopic (exact) mass is 268 g/mol. The maximum atomic E-state index is 11.3. The van der Waals surface area contributed by atoms with Crippen molar-refractivity contribution in [2.75, 3.05) is 6.61 Å². The first-order valence-electron chi connectivity index (χ1n) is 7.31. The largest absolute Gasteiger partial charge is 0.462 e. The minimum Gasteiger partial charge on any atom is -0.462 e. The Morgan fingerprint density at radius 2 is 2.05 bits per heavy atom. The Balaban J connectivity index is 1.87. The third kappa shape index (κ3) is 1.91. The molecule has 1 aliphatic heterocycles. The van der Waals surface area contributed by atoms with Crippen LogP contribution in [-0.4, -0.2) is 29.6 Å². The molecule has 1 N–H and O–H groups in total. The van der Waals surface area contributed by atoms with E-state index in [9.17, 15) is 9.90 Å². The van der Waals surface area contributed by atoms with Crippen molar-refractivity contribution >= 4 is 5.97 Å². The first kappa shape index (κ1) is 13.4. The smallest absolute Gasteiger partial charge is 0.302 e. The SMILES string of the molecule is CC(=O)O[C@H]1CC[C@@]23CO[C@@](O)(CC[C@H]2C1(C)C)C3. The zero-order valence-electron chi connectivity index (χ0n) is 12.1. The minimum absolute atomic E-state index is 0.00702. The summed E-state index contributed by atoms with van der Waals surface area (Å²) in [6, 6.07) is 0. The highest BCUT2D eigenvalue weighted by Gasteiger charge is 2.63. The average Bonchev–Trinajstić information content (AvgIpc) is 2.54. The summed E-state index contributed by atoms with van der Waals surface area (Å²) in [5.74, 6) is -0.620. The van der Waals surface area contributed by atoms with Crippen molar-refractivity contribution in [2.24, 2.45) is 16.7 Å². The standard InChI is InChI=1S/C15H24O4/c1-10(16)19-12-5-6-14-8-15(17,18-9-14)7-4-11(14)13(12,2)3/h11-12,17H,4-9H2,1-3H3/t11-,12-,14+,15-/m0/s1. The van der Waals surface area contributed by atoms with E-state index in [1.165, 1.54) is 6.92 Å². The van der Waals surface area contributed by atoms with Crippen molar-refractivity contribution in [3.05, 3.63) is 0 Å². The molecule has 2 bridgehead atoms. The Labute approximate surface area is 114 Å². The minimum atomic E-state index is -0.888. The van der Waals surface area contributed by atoms with E-state index in [2.05, 4.69) is 13.8 Å². The molecule has 108 valence electrons. The molecule has 2 saturated carbocycles. The van der Waals surface area contributed by atoms with Crippen LogP contribution in [0, 0.1) is 16.7 Å². The molecule has 0 aromatic carbocycles. The lowest BCUT2D eigenvalue weighted by molar-refractivity contribution is -0.193. The number of hydrogen-bond donors (Lipinski definition) is 1. The molecule has 3 aliphatic rings. The fraction of sp³-hybridized carbons (Fsp3) is 0.933. The Bertz CT molecular complexity index is 405. The van der Waals surface area contributed by atoms with E-state index in [-0.39, 0.29) is 22.9 Å². The second-order valence-corrected chi connectivity index (χ2v) is 7.32. The van der Waals surface area contributed by atoms with Gasteiger partial charge in [-0.2, -0.15) is 0 Å². The van der Waals surface area contributed by atoms with Crippen molar-refractivity contribution in [3.8, 4) is 0 Å². The molecular formula is C15H24O4. The summed E-state index contributed by atoms with van der Waals surface area (Å²) in [4.78, 5) is 11.3. The molecule has 1 saturated heterocycles. The second kappa shape index (κ2) is 3.95. The molecular weight excluding hydrogens is 244 g/mol. The van der Waals surface area contributed by atoms with Gasteiger partial charge in [-0.25, -0.2) is 0 Å². The predicted octanol–water partition coefficient (Wildman–Crippen LogP) is 2.24. The molecule has 4 atom stereocenters. The number of carbonyl (C=O) groups is 1. The summed E-state index contributed by atoms with van der Waals surface area (Å²) >= 11 is 0. The van der Waals surface area contributed by atoms with Crippen LogP contribution < -0.4 is 0 Å². The van der Waals surface area contributed by atoms with Gasteiger partial charge in [-0.1, -0.05) is 13.8 Å². The average molecular weight is 268 g/mol. The number of hydrogen-bond acceptors (Lipinski definition) is 4. The Kier molecular flexibility index (Phi) is 2.78. The molecule has 0 unspecified atom stereocenters. The number of fused-ring (bicyclic) bond motifs is 1. The third-order valence-electron chi connectivity index (χ3n) is 5.76. The van der Waals surface area contributed by atoms with Crippen molar-refractivity contribution in [1.82, 2.24) is 0 Å². The number of ether oxygens (including phenoxy) is 2. The zero-order chi connectivity index (χ0) is 13.9. The van der Waals surface area contributed by atoms with E-state index in [0.717, 1.165) is 25.7 Å². The summed E-state index contributed by atoms with van der Waals surface area (Å²) in [5.41, 5.74) is 0.0477.